The number of aromatic nitrogens is 4. The number of carboxylic acids is 1. The van der Waals surface area contributed by atoms with E-state index < -0.39 is 23.1 Å². The van der Waals surface area contributed by atoms with Crippen LogP contribution in [0.25, 0.3) is 22.2 Å². The molecule has 5 aromatic rings. The van der Waals surface area contributed by atoms with Gasteiger partial charge in [-0.1, -0.05) is 64.3 Å². The number of aryl methyl sites for hydroxylation is 1. The molecule has 262 valence electrons. The lowest BCUT2D eigenvalue weighted by Gasteiger charge is -2.40. The molecule has 0 aliphatic heterocycles. The summed E-state index contributed by atoms with van der Waals surface area (Å²) in [6.45, 7) is 8.59. The van der Waals surface area contributed by atoms with Crippen molar-refractivity contribution in [3.05, 3.63) is 101 Å². The van der Waals surface area contributed by atoms with E-state index in [4.69, 9.17) is 4.74 Å². The highest BCUT2D eigenvalue weighted by Gasteiger charge is 2.48. The molecule has 0 spiro atoms. The van der Waals surface area contributed by atoms with Crippen molar-refractivity contribution in [2.24, 2.45) is 5.41 Å². The molecule has 0 bridgehead atoms. The first-order chi connectivity index (χ1) is 23.7. The molecule has 1 unspecified atom stereocenters. The summed E-state index contributed by atoms with van der Waals surface area (Å²) in [5.41, 5.74) is 3.63. The van der Waals surface area contributed by atoms with E-state index in [1.165, 1.54) is 6.07 Å². The molecule has 6 rings (SSSR count). The first kappa shape index (κ1) is 35.4. The van der Waals surface area contributed by atoms with E-state index in [1.807, 2.05) is 49.4 Å². The predicted molar refractivity (Wildman–Crippen MR) is 189 cm³/mol. The van der Waals surface area contributed by atoms with Crippen LogP contribution >= 0.6 is 11.8 Å². The fourth-order valence-electron chi connectivity index (χ4n) is 6.82. The van der Waals surface area contributed by atoms with Crippen LogP contribution in [-0.4, -0.2) is 35.8 Å². The predicted octanol–water partition coefficient (Wildman–Crippen LogP) is 10.2. The first-order valence-electron chi connectivity index (χ1n) is 16.8. The van der Waals surface area contributed by atoms with Crippen molar-refractivity contribution in [2.75, 3.05) is 0 Å². The zero-order chi connectivity index (χ0) is 35.7. The van der Waals surface area contributed by atoms with Gasteiger partial charge in [0.2, 0.25) is 0 Å². The van der Waals surface area contributed by atoms with Crippen LogP contribution in [0, 0.1) is 12.3 Å². The second-order valence-corrected chi connectivity index (χ2v) is 16.0. The number of fused-ring (bicyclic) bond motifs is 1. The number of hydrogen-bond acceptors (Lipinski definition) is 6. The molecule has 1 atom stereocenters. The van der Waals surface area contributed by atoms with Crippen LogP contribution in [0.5, 0.6) is 5.75 Å². The van der Waals surface area contributed by atoms with E-state index in [1.54, 1.807) is 24.2 Å². The fourth-order valence-corrected chi connectivity index (χ4v) is 8.01. The number of ether oxygens (including phenoxy) is 1. The molecule has 3 aromatic heterocycles. The van der Waals surface area contributed by atoms with Crippen LogP contribution < -0.4 is 4.74 Å². The van der Waals surface area contributed by atoms with Gasteiger partial charge in [-0.25, -0.2) is 0 Å². The van der Waals surface area contributed by atoms with Gasteiger partial charge < -0.3 is 14.8 Å². The number of nitrogens with one attached hydrogen (secondary N) is 1. The highest BCUT2D eigenvalue weighted by atomic mass is 32.2. The standard InChI is InChI=1S/C39H41F3N4O3S/c1-24-20-44-28(22-43-24)23-49-29-13-15-33-30(19-29)35(50-37(2,3)4)34(46-33)31(38(36(47)48)16-6-5-7-17-38)18-25-8-10-26(11-9-25)32-14-12-27(21-45-32)39(40,41)42/h8-15,19-22,31,46H,5-7,16-18,23H2,1-4H3,(H,47,48). The summed E-state index contributed by atoms with van der Waals surface area (Å²) < 4.78 is 45.3. The number of hydrogen-bond donors (Lipinski definition) is 2. The number of halogens is 3. The minimum Gasteiger partial charge on any atom is -0.487 e. The van der Waals surface area contributed by atoms with Crippen molar-refractivity contribution in [1.82, 2.24) is 19.9 Å². The van der Waals surface area contributed by atoms with E-state index in [0.29, 0.717) is 36.3 Å². The molecule has 2 N–H and O–H groups in total. The SMILES string of the molecule is Cc1cnc(COc2ccc3[nH]c(C(Cc4ccc(-c5ccc(C(F)(F)F)cn5)cc4)C4(C(=O)O)CCCCC4)c(SC(C)(C)C)c3c2)cn1. The van der Waals surface area contributed by atoms with Crippen molar-refractivity contribution in [3.63, 3.8) is 0 Å². The van der Waals surface area contributed by atoms with Gasteiger partial charge in [-0.3, -0.25) is 19.7 Å². The smallest absolute Gasteiger partial charge is 0.417 e. The molecule has 7 nitrogen and oxygen atoms in total. The Bertz CT molecular complexity index is 1950. The zero-order valence-corrected chi connectivity index (χ0v) is 29.4. The molecule has 50 heavy (non-hydrogen) atoms. The van der Waals surface area contributed by atoms with Gasteiger partial charge in [0, 0.05) is 50.1 Å². The average molecular weight is 703 g/mol. The molecule has 0 amide bonds. The number of carbonyl (C=O) groups is 1. The van der Waals surface area contributed by atoms with Crippen LogP contribution in [0.3, 0.4) is 0 Å². The minimum absolute atomic E-state index is 0.179. The Labute approximate surface area is 294 Å². The maximum atomic E-state index is 13.4. The second kappa shape index (κ2) is 14.1. The Kier molecular flexibility index (Phi) is 9.99. The molecule has 2 aromatic carbocycles. The molecule has 3 heterocycles. The third-order valence-corrected chi connectivity index (χ3v) is 10.6. The lowest BCUT2D eigenvalue weighted by molar-refractivity contribution is -0.153. The van der Waals surface area contributed by atoms with Gasteiger partial charge >= 0.3 is 12.1 Å². The maximum absolute atomic E-state index is 13.4. The van der Waals surface area contributed by atoms with Gasteiger partial charge in [0.1, 0.15) is 12.4 Å². The number of nitrogens with zero attached hydrogens (tertiary/aromatic N) is 3. The van der Waals surface area contributed by atoms with E-state index in [0.717, 1.165) is 70.0 Å². The number of aliphatic carboxylic acids is 1. The summed E-state index contributed by atoms with van der Waals surface area (Å²) in [5.74, 6) is -0.489. The molecule has 1 fully saturated rings. The maximum Gasteiger partial charge on any atom is 0.417 e. The summed E-state index contributed by atoms with van der Waals surface area (Å²) in [6, 6.07) is 15.9. The summed E-state index contributed by atoms with van der Waals surface area (Å²) >= 11 is 1.71. The Morgan fingerprint density at radius 3 is 2.30 bits per heavy atom. The van der Waals surface area contributed by atoms with E-state index >= 15 is 0 Å². The molecule has 11 heteroatoms. The van der Waals surface area contributed by atoms with Gasteiger partial charge in [-0.15, -0.1) is 11.8 Å². The van der Waals surface area contributed by atoms with Crippen molar-refractivity contribution >= 4 is 28.6 Å². The number of H-pyrrole nitrogens is 1. The Morgan fingerprint density at radius 1 is 0.960 bits per heavy atom. The molecule has 0 saturated heterocycles. The lowest BCUT2D eigenvalue weighted by atomic mass is 9.63. The third-order valence-electron chi connectivity index (χ3n) is 9.35. The zero-order valence-electron chi connectivity index (χ0n) is 28.6. The second-order valence-electron chi connectivity index (χ2n) is 14.1. The third kappa shape index (κ3) is 7.83. The van der Waals surface area contributed by atoms with E-state index in [-0.39, 0.29) is 17.3 Å². The number of rotatable bonds is 10. The van der Waals surface area contributed by atoms with Gasteiger partial charge in [0.15, 0.2) is 0 Å². The highest BCUT2D eigenvalue weighted by Crippen LogP contribution is 2.53. The van der Waals surface area contributed by atoms with Crippen LogP contribution in [0.15, 0.2) is 78.1 Å². The molecule has 1 aliphatic rings. The Balaban J connectivity index is 1.39. The minimum atomic E-state index is -4.46. The van der Waals surface area contributed by atoms with Crippen LogP contribution in [0.2, 0.25) is 0 Å². The summed E-state index contributed by atoms with van der Waals surface area (Å²) in [7, 11) is 0. The van der Waals surface area contributed by atoms with Crippen molar-refractivity contribution in [2.45, 2.75) is 94.6 Å². The normalized spacial score (nSPS) is 15.6. The number of carboxylic acid groups (broad SMARTS) is 1. The number of aromatic amines is 1. The molecular weight excluding hydrogens is 662 g/mol. The number of pyridine rings is 1. The van der Waals surface area contributed by atoms with Crippen molar-refractivity contribution in [1.29, 1.82) is 0 Å². The van der Waals surface area contributed by atoms with Gasteiger partial charge in [-0.2, -0.15) is 13.2 Å². The number of benzene rings is 2. The Morgan fingerprint density at radius 2 is 1.70 bits per heavy atom. The summed E-state index contributed by atoms with van der Waals surface area (Å²) in [4.78, 5) is 30.8. The lowest BCUT2D eigenvalue weighted by Crippen LogP contribution is -2.40. The fraction of sp³-hybridized carbons (Fsp3) is 0.385. The first-order valence-corrected chi connectivity index (χ1v) is 17.6. The topological polar surface area (TPSA) is 101 Å². The van der Waals surface area contributed by atoms with Gasteiger partial charge in [0.25, 0.3) is 0 Å². The molecular formula is C39H41F3N4O3S. The molecule has 0 radical (unpaired) electrons. The highest BCUT2D eigenvalue weighted by molar-refractivity contribution is 8.00. The van der Waals surface area contributed by atoms with Crippen molar-refractivity contribution < 1.29 is 27.8 Å². The largest absolute Gasteiger partial charge is 0.487 e. The Hall–Kier alpha value is -4.38. The van der Waals surface area contributed by atoms with Crippen molar-refractivity contribution in [3.8, 4) is 17.0 Å². The van der Waals surface area contributed by atoms with Crippen LogP contribution in [0.4, 0.5) is 13.2 Å². The van der Waals surface area contributed by atoms with Gasteiger partial charge in [0.05, 0.1) is 34.3 Å². The van der Waals surface area contributed by atoms with Crippen LogP contribution in [0.1, 0.15) is 87.0 Å². The quantitative estimate of drug-likeness (QED) is 0.140. The van der Waals surface area contributed by atoms with E-state index in [9.17, 15) is 23.1 Å². The monoisotopic (exact) mass is 702 g/mol. The average Bonchev–Trinajstić information content (AvgIpc) is 3.42. The number of thioether (sulfide) groups is 1. The summed E-state index contributed by atoms with van der Waals surface area (Å²) in [5, 5.41) is 11.9. The molecule has 1 saturated carbocycles. The number of alkyl halides is 3. The summed E-state index contributed by atoms with van der Waals surface area (Å²) in [6.07, 6.45) is 4.08. The van der Waals surface area contributed by atoms with Crippen LogP contribution in [-0.2, 0) is 24.0 Å². The molecule has 1 aliphatic carbocycles. The van der Waals surface area contributed by atoms with E-state index in [2.05, 4.69) is 40.7 Å². The van der Waals surface area contributed by atoms with Gasteiger partial charge in [-0.05, 0) is 62.1 Å².